The van der Waals surface area contributed by atoms with Gasteiger partial charge in [0, 0.05) is 13.0 Å². The number of benzene rings is 1. The van der Waals surface area contributed by atoms with Crippen molar-refractivity contribution in [2.24, 2.45) is 5.73 Å². The van der Waals surface area contributed by atoms with E-state index in [2.05, 4.69) is 5.32 Å². The molecule has 0 saturated carbocycles. The van der Waals surface area contributed by atoms with Crippen molar-refractivity contribution in [2.75, 3.05) is 0 Å². The van der Waals surface area contributed by atoms with Crippen molar-refractivity contribution < 1.29 is 14.3 Å². The Morgan fingerprint density at radius 3 is 2.40 bits per heavy atom. The summed E-state index contributed by atoms with van der Waals surface area (Å²) in [5, 5.41) is 2.83. The lowest BCUT2D eigenvalue weighted by atomic mass is 10.0. The molecule has 0 unspecified atom stereocenters. The highest BCUT2D eigenvalue weighted by Gasteiger charge is 2.22. The van der Waals surface area contributed by atoms with Crippen LogP contribution in [0.25, 0.3) is 0 Å². The predicted octanol–water partition coefficient (Wildman–Crippen LogP) is 2.27. The molecule has 0 saturated heterocycles. The second-order valence-electron chi connectivity index (χ2n) is 5.44. The Kier molecular flexibility index (Phi) is 5.55. The van der Waals surface area contributed by atoms with Crippen molar-refractivity contribution in [3.63, 3.8) is 0 Å². The van der Waals surface area contributed by atoms with Gasteiger partial charge in [0.05, 0.1) is 0 Å². The van der Waals surface area contributed by atoms with Gasteiger partial charge >= 0.3 is 6.09 Å². The Bertz CT molecular complexity index is 467. The van der Waals surface area contributed by atoms with Crippen LogP contribution >= 0.6 is 0 Å². The summed E-state index contributed by atoms with van der Waals surface area (Å²) in [5.41, 5.74) is 6.48. The third kappa shape index (κ3) is 6.22. The minimum atomic E-state index is -0.824. The van der Waals surface area contributed by atoms with Gasteiger partial charge in [0.15, 0.2) is 0 Å². The van der Waals surface area contributed by atoms with Crippen LogP contribution in [0.3, 0.4) is 0 Å². The number of carbonyl (C=O) groups is 2. The maximum absolute atomic E-state index is 11.7. The van der Waals surface area contributed by atoms with E-state index in [0.29, 0.717) is 13.0 Å². The molecule has 0 aromatic heterocycles. The average Bonchev–Trinajstić information content (AvgIpc) is 2.34. The first-order valence-corrected chi connectivity index (χ1v) is 6.59. The van der Waals surface area contributed by atoms with Crippen LogP contribution in [-0.4, -0.2) is 17.6 Å². The fourth-order valence-corrected chi connectivity index (χ4v) is 1.73. The topological polar surface area (TPSA) is 81.4 Å². The van der Waals surface area contributed by atoms with E-state index in [-0.39, 0.29) is 12.3 Å². The number of carbonyl (C=O) groups excluding carboxylic acids is 2. The third-order valence-electron chi connectivity index (χ3n) is 2.94. The van der Waals surface area contributed by atoms with Crippen LogP contribution in [0.15, 0.2) is 24.3 Å². The number of rotatable bonds is 6. The second-order valence-corrected chi connectivity index (χ2v) is 5.44. The molecule has 3 N–H and O–H groups in total. The van der Waals surface area contributed by atoms with Crippen LogP contribution in [0.4, 0.5) is 4.79 Å². The number of nitrogens with one attached hydrogen (secondary N) is 1. The number of hydrogen-bond donors (Lipinski definition) is 2. The molecule has 5 nitrogen and oxygen atoms in total. The summed E-state index contributed by atoms with van der Waals surface area (Å²) in [5.74, 6) is -0.0771. The first-order chi connectivity index (χ1) is 9.28. The van der Waals surface area contributed by atoms with E-state index in [1.54, 1.807) is 13.8 Å². The van der Waals surface area contributed by atoms with Crippen LogP contribution in [0.1, 0.15) is 37.8 Å². The summed E-state index contributed by atoms with van der Waals surface area (Å²) >= 11 is 0. The van der Waals surface area contributed by atoms with Gasteiger partial charge in [-0.2, -0.15) is 0 Å². The van der Waals surface area contributed by atoms with Crippen molar-refractivity contribution in [2.45, 2.75) is 45.8 Å². The Labute approximate surface area is 119 Å². The maximum Gasteiger partial charge on any atom is 0.405 e. The third-order valence-corrected chi connectivity index (χ3v) is 2.94. The van der Waals surface area contributed by atoms with Crippen LogP contribution in [0.5, 0.6) is 0 Å². The molecule has 0 bridgehead atoms. The summed E-state index contributed by atoms with van der Waals surface area (Å²) < 4.78 is 4.92. The van der Waals surface area contributed by atoms with Crippen molar-refractivity contribution in [3.8, 4) is 0 Å². The van der Waals surface area contributed by atoms with E-state index in [4.69, 9.17) is 10.5 Å². The van der Waals surface area contributed by atoms with Crippen LogP contribution in [0.2, 0.25) is 0 Å². The van der Waals surface area contributed by atoms with Crippen LogP contribution in [-0.2, 0) is 16.1 Å². The summed E-state index contributed by atoms with van der Waals surface area (Å²) in [4.78, 5) is 22.4. The molecule has 0 aliphatic heterocycles. The first-order valence-electron chi connectivity index (χ1n) is 6.59. The lowest BCUT2D eigenvalue weighted by Crippen LogP contribution is -2.33. The Balaban J connectivity index is 2.33. The zero-order valence-corrected chi connectivity index (χ0v) is 12.2. The normalized spacial score (nSPS) is 10.9. The number of ether oxygens (including phenoxy) is 1. The fourth-order valence-electron chi connectivity index (χ4n) is 1.73. The minimum absolute atomic E-state index is 0.0771. The van der Waals surface area contributed by atoms with E-state index in [0.717, 1.165) is 5.56 Å². The molecule has 0 atom stereocenters. The predicted molar refractivity (Wildman–Crippen MR) is 77.0 cm³/mol. The number of primary amides is 1. The molecule has 0 aliphatic rings. The van der Waals surface area contributed by atoms with Gasteiger partial charge in [-0.05, 0) is 32.8 Å². The van der Waals surface area contributed by atoms with Gasteiger partial charge in [-0.3, -0.25) is 4.79 Å². The average molecular weight is 278 g/mol. The van der Waals surface area contributed by atoms with E-state index >= 15 is 0 Å². The largest absolute Gasteiger partial charge is 0.444 e. The lowest BCUT2D eigenvalue weighted by Gasteiger charge is -2.23. The Hall–Kier alpha value is -2.04. The lowest BCUT2D eigenvalue weighted by molar-refractivity contribution is -0.122. The van der Waals surface area contributed by atoms with E-state index < -0.39 is 11.7 Å². The molecule has 5 heteroatoms. The molecule has 1 aromatic rings. The summed E-state index contributed by atoms with van der Waals surface area (Å²) in [7, 11) is 0. The summed E-state index contributed by atoms with van der Waals surface area (Å²) in [6.45, 7) is 5.97. The SMILES string of the molecule is Cc1ccc(CNC(=O)CCC(C)(C)OC(N)=O)cc1. The molecule has 110 valence electrons. The molecular weight excluding hydrogens is 256 g/mol. The molecule has 1 aromatic carbocycles. The van der Waals surface area contributed by atoms with E-state index in [1.807, 2.05) is 31.2 Å². The van der Waals surface area contributed by atoms with Crippen molar-refractivity contribution in [1.82, 2.24) is 5.32 Å². The van der Waals surface area contributed by atoms with Gasteiger partial charge in [-0.1, -0.05) is 29.8 Å². The molecule has 0 aliphatic carbocycles. The minimum Gasteiger partial charge on any atom is -0.444 e. The number of amides is 2. The van der Waals surface area contributed by atoms with Crippen molar-refractivity contribution >= 4 is 12.0 Å². The monoisotopic (exact) mass is 278 g/mol. The molecule has 0 fully saturated rings. The Morgan fingerprint density at radius 2 is 1.85 bits per heavy atom. The van der Waals surface area contributed by atoms with Gasteiger partial charge in [0.2, 0.25) is 5.91 Å². The second kappa shape index (κ2) is 6.93. The summed E-state index contributed by atoms with van der Waals surface area (Å²) in [6, 6.07) is 7.97. The molecular formula is C15H22N2O3. The highest BCUT2D eigenvalue weighted by atomic mass is 16.6. The quantitative estimate of drug-likeness (QED) is 0.837. The van der Waals surface area contributed by atoms with Gasteiger partial charge in [-0.15, -0.1) is 0 Å². The highest BCUT2D eigenvalue weighted by Crippen LogP contribution is 2.16. The van der Waals surface area contributed by atoms with Crippen molar-refractivity contribution in [3.05, 3.63) is 35.4 Å². The molecule has 2 amide bonds. The number of hydrogen-bond acceptors (Lipinski definition) is 3. The number of aryl methyl sites for hydroxylation is 1. The molecule has 0 spiro atoms. The summed E-state index contributed by atoms with van der Waals surface area (Å²) in [6.07, 6.45) is -0.114. The highest BCUT2D eigenvalue weighted by molar-refractivity contribution is 5.76. The van der Waals surface area contributed by atoms with E-state index in [1.165, 1.54) is 5.56 Å². The smallest absolute Gasteiger partial charge is 0.405 e. The van der Waals surface area contributed by atoms with Gasteiger partial charge < -0.3 is 15.8 Å². The molecule has 0 radical (unpaired) electrons. The van der Waals surface area contributed by atoms with Gasteiger partial charge in [-0.25, -0.2) is 4.79 Å². The van der Waals surface area contributed by atoms with Gasteiger partial charge in [0.1, 0.15) is 5.60 Å². The van der Waals surface area contributed by atoms with Crippen LogP contribution in [0, 0.1) is 6.92 Å². The molecule has 20 heavy (non-hydrogen) atoms. The fraction of sp³-hybridized carbons (Fsp3) is 0.467. The molecule has 1 rings (SSSR count). The first kappa shape index (κ1) is 16.0. The van der Waals surface area contributed by atoms with E-state index in [9.17, 15) is 9.59 Å². The van der Waals surface area contributed by atoms with Crippen LogP contribution < -0.4 is 11.1 Å². The Morgan fingerprint density at radius 1 is 1.25 bits per heavy atom. The number of nitrogens with two attached hydrogens (primary N) is 1. The van der Waals surface area contributed by atoms with Crippen molar-refractivity contribution in [1.29, 1.82) is 0 Å². The zero-order valence-electron chi connectivity index (χ0n) is 12.2. The zero-order chi connectivity index (χ0) is 15.2. The molecule has 0 heterocycles. The maximum atomic E-state index is 11.7. The standard InChI is InChI=1S/C15H22N2O3/c1-11-4-6-12(7-5-11)10-17-13(18)8-9-15(2,3)20-14(16)19/h4-7H,8-10H2,1-3H3,(H2,16,19)(H,17,18). The van der Waals surface area contributed by atoms with Gasteiger partial charge in [0.25, 0.3) is 0 Å².